The van der Waals surface area contributed by atoms with Crippen LogP contribution in [-0.4, -0.2) is 19.3 Å². The quantitative estimate of drug-likeness (QED) is 0.342. The summed E-state index contributed by atoms with van der Waals surface area (Å²) in [6.45, 7) is 0.0485. The minimum absolute atomic E-state index is 0.0214. The summed E-state index contributed by atoms with van der Waals surface area (Å²) in [5.41, 5.74) is -1.24. The molecule has 7 nitrogen and oxygen atoms in total. The lowest BCUT2D eigenvalue weighted by molar-refractivity contribution is -0.137. The van der Waals surface area contributed by atoms with Gasteiger partial charge in [0.05, 0.1) is 16.5 Å². The Balaban J connectivity index is 1.52. The minimum atomic E-state index is -4.51. The van der Waals surface area contributed by atoms with Crippen molar-refractivity contribution in [3.8, 4) is 11.4 Å². The summed E-state index contributed by atoms with van der Waals surface area (Å²) >= 11 is 1.54. The fourth-order valence-electron chi connectivity index (χ4n) is 3.80. The van der Waals surface area contributed by atoms with Gasteiger partial charge in [0.2, 0.25) is 11.7 Å². The van der Waals surface area contributed by atoms with Crippen LogP contribution < -0.4 is 11.2 Å². The Morgan fingerprint density at radius 3 is 2.57 bits per heavy atom. The van der Waals surface area contributed by atoms with Crippen LogP contribution in [0.4, 0.5) is 13.2 Å². The van der Waals surface area contributed by atoms with Crippen molar-refractivity contribution in [3.05, 3.63) is 103 Å². The van der Waals surface area contributed by atoms with Gasteiger partial charge >= 0.3 is 11.9 Å². The summed E-state index contributed by atoms with van der Waals surface area (Å²) in [7, 11) is 0. The van der Waals surface area contributed by atoms with E-state index in [1.165, 1.54) is 32.6 Å². The molecular formula is C24H17F3N4O3S. The highest BCUT2D eigenvalue weighted by atomic mass is 32.1. The predicted molar refractivity (Wildman–Crippen MR) is 124 cm³/mol. The maximum atomic E-state index is 13.3. The Morgan fingerprint density at radius 2 is 1.80 bits per heavy atom. The largest absolute Gasteiger partial charge is 0.416 e. The first kappa shape index (κ1) is 22.8. The van der Waals surface area contributed by atoms with Crippen molar-refractivity contribution >= 4 is 22.2 Å². The van der Waals surface area contributed by atoms with Gasteiger partial charge in [-0.3, -0.25) is 13.9 Å². The smallest absolute Gasteiger partial charge is 0.337 e. The molecule has 0 aliphatic heterocycles. The second-order valence-electron chi connectivity index (χ2n) is 7.76. The van der Waals surface area contributed by atoms with E-state index in [0.29, 0.717) is 17.3 Å². The van der Waals surface area contributed by atoms with Gasteiger partial charge in [0, 0.05) is 17.0 Å². The SMILES string of the molecule is O=c1c2ccccc2n(Cc2nc(-c3cccc(C(F)(F)F)c3)no2)c(=O)n1CCc1cccs1. The van der Waals surface area contributed by atoms with Crippen LogP contribution in [0.2, 0.25) is 0 Å². The number of hydrogen-bond donors (Lipinski definition) is 0. The van der Waals surface area contributed by atoms with Crippen LogP contribution in [0.1, 0.15) is 16.3 Å². The molecule has 0 saturated heterocycles. The lowest BCUT2D eigenvalue weighted by Crippen LogP contribution is -2.40. The topological polar surface area (TPSA) is 82.9 Å². The van der Waals surface area contributed by atoms with Gasteiger partial charge in [0.25, 0.3) is 5.56 Å². The zero-order chi connectivity index (χ0) is 24.6. The van der Waals surface area contributed by atoms with Crippen molar-refractivity contribution in [2.24, 2.45) is 0 Å². The summed E-state index contributed by atoms with van der Waals surface area (Å²) in [6, 6.07) is 15.1. The molecule has 0 unspecified atom stereocenters. The highest BCUT2D eigenvalue weighted by molar-refractivity contribution is 7.09. The van der Waals surface area contributed by atoms with Crippen molar-refractivity contribution in [3.63, 3.8) is 0 Å². The first-order valence-corrected chi connectivity index (χ1v) is 11.4. The van der Waals surface area contributed by atoms with Gasteiger partial charge < -0.3 is 4.52 Å². The van der Waals surface area contributed by atoms with Crippen LogP contribution in [0.25, 0.3) is 22.3 Å². The second kappa shape index (κ2) is 8.99. The molecule has 2 aromatic carbocycles. The van der Waals surface area contributed by atoms with Crippen molar-refractivity contribution in [1.29, 1.82) is 0 Å². The number of hydrogen-bond acceptors (Lipinski definition) is 6. The fourth-order valence-corrected chi connectivity index (χ4v) is 4.50. The van der Waals surface area contributed by atoms with Crippen molar-refractivity contribution in [2.75, 3.05) is 0 Å². The van der Waals surface area contributed by atoms with E-state index in [1.54, 1.807) is 24.3 Å². The fraction of sp³-hybridized carbons (Fsp3) is 0.167. The molecule has 0 amide bonds. The molecule has 0 aliphatic carbocycles. The Labute approximate surface area is 199 Å². The lowest BCUT2D eigenvalue weighted by Gasteiger charge is -2.12. The normalized spacial score (nSPS) is 11.9. The molecule has 0 N–H and O–H groups in total. The van der Waals surface area contributed by atoms with Crippen LogP contribution in [0.3, 0.4) is 0 Å². The molecule has 3 heterocycles. The number of fused-ring (bicyclic) bond motifs is 1. The number of benzene rings is 2. The Kier molecular flexibility index (Phi) is 5.85. The van der Waals surface area contributed by atoms with Gasteiger partial charge in [0.15, 0.2) is 0 Å². The van der Waals surface area contributed by atoms with Crippen LogP contribution >= 0.6 is 11.3 Å². The zero-order valence-electron chi connectivity index (χ0n) is 18.0. The highest BCUT2D eigenvalue weighted by Gasteiger charge is 2.30. The average molecular weight is 498 g/mol. The number of halogens is 3. The van der Waals surface area contributed by atoms with Crippen molar-refractivity contribution in [2.45, 2.75) is 25.7 Å². The van der Waals surface area contributed by atoms with E-state index in [2.05, 4.69) is 10.1 Å². The Hall–Kier alpha value is -3.99. The first-order chi connectivity index (χ1) is 16.8. The van der Waals surface area contributed by atoms with Crippen molar-refractivity contribution in [1.82, 2.24) is 19.3 Å². The van der Waals surface area contributed by atoms with Crippen LogP contribution in [0.5, 0.6) is 0 Å². The molecule has 11 heteroatoms. The number of thiophene rings is 1. The van der Waals surface area contributed by atoms with E-state index in [9.17, 15) is 22.8 Å². The summed E-state index contributed by atoms with van der Waals surface area (Å²) in [6.07, 6.45) is -3.99. The standard InChI is InChI=1S/C24H17F3N4O3S/c25-24(26,27)16-6-3-5-15(13-16)21-28-20(34-29-21)14-31-19-9-2-1-8-18(19)22(32)30(23(31)33)11-10-17-7-4-12-35-17/h1-9,12-13H,10-11,14H2. The van der Waals surface area contributed by atoms with Gasteiger partial charge in [-0.1, -0.05) is 35.5 Å². The molecule has 5 aromatic rings. The average Bonchev–Trinajstić information content (AvgIpc) is 3.54. The molecule has 0 spiro atoms. The Morgan fingerprint density at radius 1 is 0.971 bits per heavy atom. The van der Waals surface area contributed by atoms with Crippen LogP contribution in [0, 0.1) is 0 Å². The summed E-state index contributed by atoms with van der Waals surface area (Å²) < 4.78 is 47.0. The summed E-state index contributed by atoms with van der Waals surface area (Å²) in [5, 5.41) is 6.07. The third-order valence-electron chi connectivity index (χ3n) is 5.50. The van der Waals surface area contributed by atoms with Gasteiger partial charge in [-0.05, 0) is 42.1 Å². The molecule has 0 fully saturated rings. The van der Waals surface area contributed by atoms with E-state index >= 15 is 0 Å². The molecule has 0 atom stereocenters. The second-order valence-corrected chi connectivity index (χ2v) is 8.79. The van der Waals surface area contributed by atoms with Gasteiger partial charge in [-0.2, -0.15) is 18.2 Å². The van der Waals surface area contributed by atoms with E-state index in [4.69, 9.17) is 4.52 Å². The van der Waals surface area contributed by atoms with E-state index in [1.807, 2.05) is 17.5 Å². The molecule has 0 saturated carbocycles. The summed E-state index contributed by atoms with van der Waals surface area (Å²) in [4.78, 5) is 31.6. The number of aromatic nitrogens is 4. The number of alkyl halides is 3. The monoisotopic (exact) mass is 498 g/mol. The van der Waals surface area contributed by atoms with Crippen LogP contribution in [0.15, 0.2) is 80.2 Å². The molecule has 35 heavy (non-hydrogen) atoms. The third kappa shape index (κ3) is 4.54. The number of aryl methyl sites for hydroxylation is 1. The third-order valence-corrected chi connectivity index (χ3v) is 6.44. The zero-order valence-corrected chi connectivity index (χ0v) is 18.8. The molecule has 0 bridgehead atoms. The maximum absolute atomic E-state index is 13.3. The number of para-hydroxylation sites is 1. The van der Waals surface area contributed by atoms with E-state index in [-0.39, 0.29) is 30.4 Å². The first-order valence-electron chi connectivity index (χ1n) is 10.6. The van der Waals surface area contributed by atoms with Crippen LogP contribution in [-0.2, 0) is 25.7 Å². The summed E-state index contributed by atoms with van der Waals surface area (Å²) in [5.74, 6) is -0.0115. The predicted octanol–water partition coefficient (Wildman–Crippen LogP) is 4.58. The molecular weight excluding hydrogens is 481 g/mol. The van der Waals surface area contributed by atoms with Gasteiger partial charge in [0.1, 0.15) is 6.54 Å². The molecule has 5 rings (SSSR count). The lowest BCUT2D eigenvalue weighted by atomic mass is 10.1. The number of nitrogens with zero attached hydrogens (tertiary/aromatic N) is 4. The maximum Gasteiger partial charge on any atom is 0.416 e. The van der Waals surface area contributed by atoms with Gasteiger partial charge in [-0.15, -0.1) is 11.3 Å². The molecule has 178 valence electrons. The molecule has 3 aromatic heterocycles. The molecule has 0 radical (unpaired) electrons. The van der Waals surface area contributed by atoms with E-state index < -0.39 is 23.0 Å². The minimum Gasteiger partial charge on any atom is -0.337 e. The van der Waals surface area contributed by atoms with Crippen molar-refractivity contribution < 1.29 is 17.7 Å². The highest BCUT2D eigenvalue weighted by Crippen LogP contribution is 2.31. The molecule has 0 aliphatic rings. The Bertz CT molecular complexity index is 1620. The number of rotatable bonds is 6. The van der Waals surface area contributed by atoms with E-state index in [0.717, 1.165) is 17.0 Å². The van der Waals surface area contributed by atoms with Gasteiger partial charge in [-0.25, -0.2) is 4.79 Å².